The standard InChI is InChI=1S/C11H15N3O4/c1-7-4-14(5-8(6-15)18-7)11(17)9-2-13-10(16)3-12-9/h2-3,7-8,15H,4-6H2,1H3,(H,13,16). The van der Waals surface area contributed by atoms with Crippen LogP contribution in [0.2, 0.25) is 0 Å². The lowest BCUT2D eigenvalue weighted by molar-refractivity contribution is -0.0859. The molecule has 2 atom stereocenters. The van der Waals surface area contributed by atoms with Crippen molar-refractivity contribution in [3.63, 3.8) is 0 Å². The molecule has 7 nitrogen and oxygen atoms in total. The molecule has 1 aliphatic rings. The van der Waals surface area contributed by atoms with Crippen molar-refractivity contribution in [1.82, 2.24) is 14.9 Å². The molecule has 2 heterocycles. The number of aromatic nitrogens is 2. The lowest BCUT2D eigenvalue weighted by Gasteiger charge is -2.35. The predicted molar refractivity (Wildman–Crippen MR) is 62.2 cm³/mol. The molecule has 0 bridgehead atoms. The van der Waals surface area contributed by atoms with Crippen molar-refractivity contribution < 1.29 is 14.6 Å². The van der Waals surface area contributed by atoms with Crippen molar-refractivity contribution in [2.24, 2.45) is 0 Å². The molecule has 1 aromatic heterocycles. The number of carbonyl (C=O) groups is 1. The zero-order chi connectivity index (χ0) is 13.1. The van der Waals surface area contributed by atoms with Gasteiger partial charge in [0.05, 0.1) is 25.0 Å². The van der Waals surface area contributed by atoms with E-state index in [1.807, 2.05) is 6.92 Å². The maximum Gasteiger partial charge on any atom is 0.274 e. The van der Waals surface area contributed by atoms with Crippen LogP contribution in [-0.2, 0) is 4.74 Å². The summed E-state index contributed by atoms with van der Waals surface area (Å²) in [7, 11) is 0. The fourth-order valence-electron chi connectivity index (χ4n) is 1.93. The summed E-state index contributed by atoms with van der Waals surface area (Å²) < 4.78 is 5.45. The molecular formula is C11H15N3O4. The van der Waals surface area contributed by atoms with Gasteiger partial charge in [-0.1, -0.05) is 0 Å². The van der Waals surface area contributed by atoms with Gasteiger partial charge in [-0.25, -0.2) is 4.98 Å². The van der Waals surface area contributed by atoms with Gasteiger partial charge in [-0.2, -0.15) is 0 Å². The van der Waals surface area contributed by atoms with Gasteiger partial charge >= 0.3 is 0 Å². The largest absolute Gasteiger partial charge is 0.394 e. The highest BCUT2D eigenvalue weighted by atomic mass is 16.5. The van der Waals surface area contributed by atoms with Gasteiger partial charge in [-0.3, -0.25) is 9.59 Å². The first-order valence-corrected chi connectivity index (χ1v) is 5.70. The fourth-order valence-corrected chi connectivity index (χ4v) is 1.93. The normalized spacial score (nSPS) is 24.0. The maximum absolute atomic E-state index is 12.1. The number of rotatable bonds is 2. The Labute approximate surface area is 103 Å². The lowest BCUT2D eigenvalue weighted by Crippen LogP contribution is -2.50. The van der Waals surface area contributed by atoms with E-state index >= 15 is 0 Å². The number of ether oxygens (including phenoxy) is 1. The highest BCUT2D eigenvalue weighted by Gasteiger charge is 2.29. The molecule has 0 spiro atoms. The van der Waals surface area contributed by atoms with E-state index in [9.17, 15) is 9.59 Å². The Balaban J connectivity index is 2.12. The van der Waals surface area contributed by atoms with Crippen LogP contribution in [0.1, 0.15) is 17.4 Å². The van der Waals surface area contributed by atoms with E-state index in [2.05, 4.69) is 9.97 Å². The van der Waals surface area contributed by atoms with Crippen molar-refractivity contribution >= 4 is 5.91 Å². The number of aromatic amines is 1. The average Bonchev–Trinajstić information content (AvgIpc) is 2.38. The summed E-state index contributed by atoms with van der Waals surface area (Å²) in [4.78, 5) is 30.8. The molecule has 18 heavy (non-hydrogen) atoms. The Morgan fingerprint density at radius 1 is 1.67 bits per heavy atom. The Bertz CT molecular complexity index is 467. The molecule has 2 N–H and O–H groups in total. The number of amides is 1. The smallest absolute Gasteiger partial charge is 0.274 e. The molecule has 1 fully saturated rings. The molecule has 1 aromatic rings. The van der Waals surface area contributed by atoms with Crippen molar-refractivity contribution in [2.45, 2.75) is 19.1 Å². The number of aliphatic hydroxyl groups is 1. The van der Waals surface area contributed by atoms with Gasteiger partial charge in [0.2, 0.25) is 0 Å². The topological polar surface area (TPSA) is 95.5 Å². The fraction of sp³-hybridized carbons (Fsp3) is 0.545. The van der Waals surface area contributed by atoms with Crippen LogP contribution in [0.3, 0.4) is 0 Å². The number of nitrogens with zero attached hydrogens (tertiary/aromatic N) is 2. The zero-order valence-corrected chi connectivity index (χ0v) is 10.00. The quantitative estimate of drug-likeness (QED) is 0.704. The first-order chi connectivity index (χ1) is 8.60. The number of nitrogens with one attached hydrogen (secondary N) is 1. The van der Waals surface area contributed by atoms with Crippen LogP contribution in [0.5, 0.6) is 0 Å². The van der Waals surface area contributed by atoms with Crippen LogP contribution >= 0.6 is 0 Å². The maximum atomic E-state index is 12.1. The van der Waals surface area contributed by atoms with Crippen molar-refractivity contribution in [2.75, 3.05) is 19.7 Å². The molecule has 1 aliphatic heterocycles. The Morgan fingerprint density at radius 3 is 3.06 bits per heavy atom. The van der Waals surface area contributed by atoms with Crippen LogP contribution < -0.4 is 5.56 Å². The van der Waals surface area contributed by atoms with E-state index in [-0.39, 0.29) is 36.0 Å². The third-order valence-corrected chi connectivity index (χ3v) is 2.71. The van der Waals surface area contributed by atoms with Crippen LogP contribution in [0.15, 0.2) is 17.2 Å². The minimum absolute atomic E-state index is 0.132. The molecule has 2 unspecified atom stereocenters. The van der Waals surface area contributed by atoms with E-state index in [0.29, 0.717) is 13.1 Å². The summed E-state index contributed by atoms with van der Waals surface area (Å²) in [5.41, 5.74) is -0.171. The summed E-state index contributed by atoms with van der Waals surface area (Å²) in [5, 5.41) is 9.09. The Kier molecular flexibility index (Phi) is 3.73. The molecule has 2 rings (SSSR count). The van der Waals surface area contributed by atoms with Crippen LogP contribution in [0.4, 0.5) is 0 Å². The van der Waals surface area contributed by atoms with Crippen molar-refractivity contribution in [3.05, 3.63) is 28.4 Å². The third kappa shape index (κ3) is 2.74. The van der Waals surface area contributed by atoms with Gasteiger partial charge in [0.1, 0.15) is 5.69 Å². The van der Waals surface area contributed by atoms with Crippen LogP contribution in [-0.4, -0.2) is 57.8 Å². The molecule has 0 aromatic carbocycles. The Morgan fingerprint density at radius 2 is 2.44 bits per heavy atom. The first-order valence-electron chi connectivity index (χ1n) is 5.70. The van der Waals surface area contributed by atoms with Gasteiger partial charge in [0.25, 0.3) is 11.5 Å². The minimum Gasteiger partial charge on any atom is -0.394 e. The number of morpholine rings is 1. The molecule has 7 heteroatoms. The van der Waals surface area contributed by atoms with E-state index in [4.69, 9.17) is 9.84 Å². The van der Waals surface area contributed by atoms with Gasteiger partial charge in [-0.15, -0.1) is 0 Å². The molecule has 0 saturated carbocycles. The molecule has 0 aliphatic carbocycles. The number of hydrogen-bond donors (Lipinski definition) is 2. The molecule has 0 radical (unpaired) electrons. The van der Waals surface area contributed by atoms with E-state index < -0.39 is 0 Å². The summed E-state index contributed by atoms with van der Waals surface area (Å²) in [6.07, 6.45) is 1.85. The van der Waals surface area contributed by atoms with Gasteiger partial charge in [0, 0.05) is 19.3 Å². The monoisotopic (exact) mass is 253 g/mol. The number of hydrogen-bond acceptors (Lipinski definition) is 5. The van der Waals surface area contributed by atoms with E-state index in [1.165, 1.54) is 6.20 Å². The molecular weight excluding hydrogens is 238 g/mol. The second-order valence-corrected chi connectivity index (χ2v) is 4.26. The lowest BCUT2D eigenvalue weighted by atomic mass is 10.2. The van der Waals surface area contributed by atoms with Gasteiger partial charge < -0.3 is 19.7 Å². The van der Waals surface area contributed by atoms with Gasteiger partial charge in [0.15, 0.2) is 0 Å². The summed E-state index contributed by atoms with van der Waals surface area (Å²) in [6.45, 7) is 2.46. The molecule has 98 valence electrons. The van der Waals surface area contributed by atoms with Crippen molar-refractivity contribution in [3.8, 4) is 0 Å². The number of carbonyl (C=O) groups excluding carboxylic acids is 1. The highest BCUT2D eigenvalue weighted by Crippen LogP contribution is 2.12. The summed E-state index contributed by atoms with van der Waals surface area (Å²) >= 11 is 0. The second kappa shape index (κ2) is 5.28. The van der Waals surface area contributed by atoms with Crippen LogP contribution in [0.25, 0.3) is 0 Å². The van der Waals surface area contributed by atoms with E-state index in [0.717, 1.165) is 6.20 Å². The summed E-state index contributed by atoms with van der Waals surface area (Å²) in [5.74, 6) is -0.278. The molecule has 1 amide bonds. The highest BCUT2D eigenvalue weighted by molar-refractivity contribution is 5.92. The number of H-pyrrole nitrogens is 1. The first kappa shape index (κ1) is 12.7. The average molecular weight is 253 g/mol. The SMILES string of the molecule is CC1CN(C(=O)c2c[nH]c(=O)cn2)CC(CO)O1. The predicted octanol–water partition coefficient (Wildman–Crippen LogP) is -1.01. The molecule has 1 saturated heterocycles. The minimum atomic E-state index is -0.375. The summed E-state index contributed by atoms with van der Waals surface area (Å²) in [6, 6.07) is 0. The number of aliphatic hydroxyl groups excluding tert-OH is 1. The van der Waals surface area contributed by atoms with E-state index in [1.54, 1.807) is 4.90 Å². The zero-order valence-electron chi connectivity index (χ0n) is 10.00. The van der Waals surface area contributed by atoms with Gasteiger partial charge in [-0.05, 0) is 6.92 Å². The Hall–Kier alpha value is -1.73. The third-order valence-electron chi connectivity index (χ3n) is 2.71. The van der Waals surface area contributed by atoms with Crippen molar-refractivity contribution in [1.29, 1.82) is 0 Å². The van der Waals surface area contributed by atoms with Crippen LogP contribution in [0, 0.1) is 0 Å². The second-order valence-electron chi connectivity index (χ2n) is 4.26.